The Morgan fingerprint density at radius 3 is 2.41 bits per heavy atom. The van der Waals surface area contributed by atoms with E-state index in [1.54, 1.807) is 24.3 Å². The molecule has 3 fully saturated rings. The molecule has 10 nitrogen and oxygen atoms in total. The van der Waals surface area contributed by atoms with Gasteiger partial charge in [0.1, 0.15) is 0 Å². The van der Waals surface area contributed by atoms with E-state index in [4.69, 9.17) is 0 Å². The summed E-state index contributed by atoms with van der Waals surface area (Å²) in [7, 11) is 4.03. The third-order valence-corrected chi connectivity index (χ3v) is 8.66. The van der Waals surface area contributed by atoms with Crippen molar-refractivity contribution >= 4 is 23.5 Å². The Kier molecular flexibility index (Phi) is 8.72. The molecule has 5 N–H and O–H groups in total. The SMILES string of the molecule is C=CC(=O)Nc1ccc(C(=O)NC2NNC3C2CN(C(=O)N[C@H](CN(C)C)c2ccccc2)C32CCCCC2)cc1. The summed E-state index contributed by atoms with van der Waals surface area (Å²) in [5.74, 6) is -0.516. The number of amides is 4. The number of nitrogens with zero attached hydrogens (tertiary/aromatic N) is 2. The Labute approximate surface area is 241 Å². The number of hydrogen-bond donors (Lipinski definition) is 5. The molecule has 3 aliphatic rings. The largest absolute Gasteiger partial charge is 0.335 e. The molecular weight excluding hydrogens is 518 g/mol. The van der Waals surface area contributed by atoms with Crippen LogP contribution < -0.4 is 26.8 Å². The average molecular weight is 560 g/mol. The van der Waals surface area contributed by atoms with E-state index in [1.807, 2.05) is 32.3 Å². The first-order valence-corrected chi connectivity index (χ1v) is 14.4. The number of nitrogens with one attached hydrogen (secondary N) is 5. The lowest BCUT2D eigenvalue weighted by atomic mass is 9.75. The summed E-state index contributed by atoms with van der Waals surface area (Å²) in [6.07, 6.45) is 6.02. The molecule has 2 saturated heterocycles. The molecule has 0 aromatic heterocycles. The highest BCUT2D eigenvalue weighted by Gasteiger charge is 2.60. The summed E-state index contributed by atoms with van der Waals surface area (Å²) in [5.41, 5.74) is 8.62. The molecule has 0 bridgehead atoms. The second-order valence-corrected chi connectivity index (χ2v) is 11.6. The van der Waals surface area contributed by atoms with E-state index in [9.17, 15) is 14.4 Å². The number of fused-ring (bicyclic) bond motifs is 2. The first-order valence-electron chi connectivity index (χ1n) is 14.4. The average Bonchev–Trinajstić information content (AvgIpc) is 3.52. The number of hydrogen-bond acceptors (Lipinski definition) is 6. The summed E-state index contributed by atoms with van der Waals surface area (Å²) in [5, 5.41) is 9.16. The maximum absolute atomic E-state index is 14.0. The van der Waals surface area contributed by atoms with Gasteiger partial charge in [-0.25, -0.2) is 10.2 Å². The highest BCUT2D eigenvalue weighted by molar-refractivity contribution is 5.99. The van der Waals surface area contributed by atoms with Crippen LogP contribution in [-0.2, 0) is 4.79 Å². The Hall–Kier alpha value is -3.73. The topological polar surface area (TPSA) is 118 Å². The van der Waals surface area contributed by atoms with Crippen LogP contribution in [0.25, 0.3) is 0 Å². The fourth-order valence-electron chi connectivity index (χ4n) is 6.70. The lowest BCUT2D eigenvalue weighted by Gasteiger charge is -2.45. The molecule has 1 spiro atoms. The summed E-state index contributed by atoms with van der Waals surface area (Å²) in [4.78, 5) is 42.9. The Balaban J connectivity index is 1.31. The summed E-state index contributed by atoms with van der Waals surface area (Å²) >= 11 is 0. The third-order valence-electron chi connectivity index (χ3n) is 8.66. The van der Waals surface area contributed by atoms with E-state index in [0.29, 0.717) is 24.3 Å². The van der Waals surface area contributed by atoms with Crippen LogP contribution in [-0.4, -0.2) is 72.6 Å². The fraction of sp³-hybridized carbons (Fsp3) is 0.452. The molecule has 41 heavy (non-hydrogen) atoms. The Bertz CT molecular complexity index is 1240. The van der Waals surface area contributed by atoms with Gasteiger partial charge in [0.2, 0.25) is 5.91 Å². The maximum Gasteiger partial charge on any atom is 0.318 e. The molecule has 1 saturated carbocycles. The van der Waals surface area contributed by atoms with E-state index in [2.05, 4.69) is 55.3 Å². The van der Waals surface area contributed by atoms with Crippen LogP contribution in [0.2, 0.25) is 0 Å². The first kappa shape index (κ1) is 28.8. The second kappa shape index (κ2) is 12.4. The van der Waals surface area contributed by atoms with Gasteiger partial charge in [0.15, 0.2) is 0 Å². The molecule has 4 atom stereocenters. The number of carbonyl (C=O) groups excluding carboxylic acids is 3. The van der Waals surface area contributed by atoms with Crippen LogP contribution in [0.15, 0.2) is 67.3 Å². The van der Waals surface area contributed by atoms with Crippen molar-refractivity contribution in [2.45, 2.75) is 55.9 Å². The predicted octanol–water partition coefficient (Wildman–Crippen LogP) is 2.99. The van der Waals surface area contributed by atoms with Crippen molar-refractivity contribution in [1.82, 2.24) is 31.3 Å². The monoisotopic (exact) mass is 559 g/mol. The van der Waals surface area contributed by atoms with E-state index in [1.165, 1.54) is 12.5 Å². The molecule has 2 aliphatic heterocycles. The lowest BCUT2D eigenvalue weighted by Crippen LogP contribution is -2.61. The van der Waals surface area contributed by atoms with Crippen molar-refractivity contribution in [2.24, 2.45) is 5.92 Å². The van der Waals surface area contributed by atoms with Crippen molar-refractivity contribution in [2.75, 3.05) is 32.5 Å². The fourth-order valence-corrected chi connectivity index (χ4v) is 6.70. The highest BCUT2D eigenvalue weighted by atomic mass is 16.2. The minimum atomic E-state index is -0.337. The van der Waals surface area contributed by atoms with E-state index >= 15 is 0 Å². The Morgan fingerprint density at radius 2 is 1.76 bits per heavy atom. The van der Waals surface area contributed by atoms with Gasteiger partial charge in [-0.1, -0.05) is 56.2 Å². The molecular formula is C31H41N7O3. The zero-order chi connectivity index (χ0) is 29.0. The molecule has 5 rings (SSSR count). The highest BCUT2D eigenvalue weighted by Crippen LogP contribution is 2.46. The zero-order valence-electron chi connectivity index (χ0n) is 23.9. The van der Waals surface area contributed by atoms with Crippen molar-refractivity contribution in [3.63, 3.8) is 0 Å². The van der Waals surface area contributed by atoms with Gasteiger partial charge >= 0.3 is 6.03 Å². The lowest BCUT2D eigenvalue weighted by molar-refractivity contribution is -0.111. The molecule has 0 radical (unpaired) electrons. The molecule has 218 valence electrons. The molecule has 10 heteroatoms. The van der Waals surface area contributed by atoms with Crippen molar-refractivity contribution in [1.29, 1.82) is 0 Å². The van der Waals surface area contributed by atoms with Gasteiger partial charge in [0.25, 0.3) is 5.91 Å². The van der Waals surface area contributed by atoms with Gasteiger partial charge in [-0.2, -0.15) is 0 Å². The number of rotatable bonds is 8. The molecule has 2 aromatic rings. The summed E-state index contributed by atoms with van der Waals surface area (Å²) in [6, 6.07) is 16.7. The minimum absolute atomic E-state index is 0.0120. The van der Waals surface area contributed by atoms with Gasteiger partial charge in [-0.05, 0) is 62.8 Å². The molecule has 4 amide bonds. The van der Waals surface area contributed by atoms with Crippen molar-refractivity contribution in [3.8, 4) is 0 Å². The number of anilines is 1. The predicted molar refractivity (Wildman–Crippen MR) is 159 cm³/mol. The van der Waals surface area contributed by atoms with Crippen LogP contribution in [0, 0.1) is 5.92 Å². The number of carbonyl (C=O) groups is 3. The van der Waals surface area contributed by atoms with Crippen LogP contribution in [0.3, 0.4) is 0 Å². The van der Waals surface area contributed by atoms with Gasteiger partial charge in [-0.15, -0.1) is 0 Å². The number of likely N-dealkylation sites (tertiary alicyclic amines) is 1. The van der Waals surface area contributed by atoms with Gasteiger partial charge in [0, 0.05) is 30.3 Å². The molecule has 1 aliphatic carbocycles. The van der Waals surface area contributed by atoms with Crippen LogP contribution in [0.5, 0.6) is 0 Å². The smallest absolute Gasteiger partial charge is 0.318 e. The molecule has 3 unspecified atom stereocenters. The van der Waals surface area contributed by atoms with E-state index in [0.717, 1.165) is 31.2 Å². The third kappa shape index (κ3) is 6.14. The minimum Gasteiger partial charge on any atom is -0.335 e. The van der Waals surface area contributed by atoms with Gasteiger partial charge < -0.3 is 25.8 Å². The van der Waals surface area contributed by atoms with Crippen LogP contribution in [0.1, 0.15) is 54.1 Å². The summed E-state index contributed by atoms with van der Waals surface area (Å²) in [6.45, 7) is 4.69. The quantitative estimate of drug-likeness (QED) is 0.318. The zero-order valence-corrected chi connectivity index (χ0v) is 23.9. The van der Waals surface area contributed by atoms with E-state index < -0.39 is 0 Å². The van der Waals surface area contributed by atoms with E-state index in [-0.39, 0.29) is 47.6 Å². The normalized spacial score (nSPS) is 23.6. The maximum atomic E-state index is 14.0. The van der Waals surface area contributed by atoms with Crippen molar-refractivity contribution in [3.05, 3.63) is 78.4 Å². The molecule has 2 aromatic carbocycles. The Morgan fingerprint density at radius 1 is 1.05 bits per heavy atom. The van der Waals surface area contributed by atoms with Crippen LogP contribution >= 0.6 is 0 Å². The number of benzene rings is 2. The second-order valence-electron chi connectivity index (χ2n) is 11.6. The van der Waals surface area contributed by atoms with Gasteiger partial charge in [-0.3, -0.25) is 15.0 Å². The summed E-state index contributed by atoms with van der Waals surface area (Å²) < 4.78 is 0. The molecule has 2 heterocycles. The van der Waals surface area contributed by atoms with Crippen molar-refractivity contribution < 1.29 is 14.4 Å². The van der Waals surface area contributed by atoms with Gasteiger partial charge in [0.05, 0.1) is 23.8 Å². The van der Waals surface area contributed by atoms with Crippen LogP contribution in [0.4, 0.5) is 10.5 Å². The number of hydrazine groups is 1. The standard InChI is InChI=1S/C31H41N7O3/c1-4-26(39)32-23-15-13-22(14-16-23)29(40)34-28-24-19-38(31(27(24)35-36-28)17-9-6-10-18-31)30(41)33-25(20-37(2)3)21-11-7-5-8-12-21/h4-5,7-8,11-16,24-25,27-28,35-36H,1,6,9-10,17-20H2,2-3H3,(H,32,39)(H,33,41)(H,34,40)/t24?,25-,27?,28?/m1/s1. The number of likely N-dealkylation sites (N-methyl/N-ethyl adjacent to an activating group) is 1. The first-order chi connectivity index (χ1) is 19.8. The number of urea groups is 1.